The van der Waals surface area contributed by atoms with Crippen LogP contribution < -0.4 is 0 Å². The van der Waals surface area contributed by atoms with Crippen LogP contribution in [0.3, 0.4) is 0 Å². The molecule has 0 amide bonds. The number of hydrogen-bond donors (Lipinski definition) is 0. The predicted molar refractivity (Wildman–Crippen MR) is 87.2 cm³/mol. The molecule has 0 fully saturated rings. The molecule has 0 aliphatic carbocycles. The van der Waals surface area contributed by atoms with Crippen LogP contribution >= 0.6 is 11.6 Å². The zero-order chi connectivity index (χ0) is 14.8. The lowest BCUT2D eigenvalue weighted by molar-refractivity contribution is 0.775. The van der Waals surface area contributed by atoms with Crippen molar-refractivity contribution in [1.29, 1.82) is 0 Å². The second-order valence-corrected chi connectivity index (χ2v) is 5.31. The van der Waals surface area contributed by atoms with Crippen LogP contribution in [-0.4, -0.2) is 14.8 Å². The van der Waals surface area contributed by atoms with E-state index in [9.17, 15) is 0 Å². The summed E-state index contributed by atoms with van der Waals surface area (Å²) in [4.78, 5) is 4.71. The molecule has 2 heterocycles. The lowest BCUT2D eigenvalue weighted by atomic mass is 10.1. The van der Waals surface area contributed by atoms with Gasteiger partial charge in [-0.3, -0.25) is 0 Å². The third-order valence-corrected chi connectivity index (χ3v) is 3.94. The third kappa shape index (κ3) is 2.54. The van der Waals surface area contributed by atoms with Gasteiger partial charge in [0.25, 0.3) is 0 Å². The number of aryl methyl sites for hydroxylation is 2. The fourth-order valence-electron chi connectivity index (χ4n) is 2.55. The largest absolute Gasteiger partial charge is 0.232 e. The van der Waals surface area contributed by atoms with E-state index in [4.69, 9.17) is 21.7 Å². The molecule has 0 saturated carbocycles. The number of halogens is 1. The Labute approximate surface area is 129 Å². The molecule has 4 heteroatoms. The fourth-order valence-corrected chi connectivity index (χ4v) is 2.68. The van der Waals surface area contributed by atoms with Gasteiger partial charge in [0.15, 0.2) is 5.82 Å². The van der Waals surface area contributed by atoms with E-state index in [-0.39, 0.29) is 0 Å². The molecule has 0 aliphatic heterocycles. The predicted octanol–water partition coefficient (Wildman–Crippen LogP) is 4.28. The van der Waals surface area contributed by atoms with Gasteiger partial charge in [-0.25, -0.2) is 9.67 Å². The molecule has 108 valence electrons. The molecule has 0 spiro atoms. The smallest absolute Gasteiger partial charge is 0.161 e. The van der Waals surface area contributed by atoms with Crippen LogP contribution in [0.5, 0.6) is 0 Å². The van der Waals surface area contributed by atoms with Crippen molar-refractivity contribution in [3.05, 3.63) is 53.5 Å². The number of benzene rings is 1. The molecule has 0 atom stereocenters. The molecule has 0 bridgehead atoms. The van der Waals surface area contributed by atoms with E-state index in [1.807, 2.05) is 22.9 Å². The third-order valence-electron chi connectivity index (χ3n) is 3.67. The quantitative estimate of drug-likeness (QED) is 0.673. The molecule has 0 saturated heterocycles. The SMILES string of the molecule is CCc1cc(CC)n(-c2nc(CCl)cc3ccccc23)n1. The first-order valence-corrected chi connectivity index (χ1v) is 7.83. The molecule has 1 aromatic carbocycles. The van der Waals surface area contributed by atoms with E-state index in [0.717, 1.165) is 40.8 Å². The van der Waals surface area contributed by atoms with Crippen molar-refractivity contribution in [2.45, 2.75) is 32.6 Å². The summed E-state index contributed by atoms with van der Waals surface area (Å²) in [6.45, 7) is 4.26. The Kier molecular flexibility index (Phi) is 3.93. The molecule has 3 aromatic rings. The molecule has 21 heavy (non-hydrogen) atoms. The van der Waals surface area contributed by atoms with E-state index in [0.29, 0.717) is 5.88 Å². The second-order valence-electron chi connectivity index (χ2n) is 5.04. The number of fused-ring (bicyclic) bond motifs is 1. The summed E-state index contributed by atoms with van der Waals surface area (Å²) >= 11 is 6.00. The van der Waals surface area contributed by atoms with E-state index >= 15 is 0 Å². The first-order valence-electron chi connectivity index (χ1n) is 7.29. The molecule has 0 aliphatic rings. The van der Waals surface area contributed by atoms with Crippen LogP contribution in [-0.2, 0) is 18.7 Å². The molecular weight excluding hydrogens is 282 g/mol. The van der Waals surface area contributed by atoms with Crippen LogP contribution in [0.1, 0.15) is 30.9 Å². The van der Waals surface area contributed by atoms with E-state index in [1.165, 1.54) is 5.69 Å². The lowest BCUT2D eigenvalue weighted by Gasteiger charge is -2.10. The number of hydrogen-bond acceptors (Lipinski definition) is 2. The van der Waals surface area contributed by atoms with E-state index in [2.05, 4.69) is 32.0 Å². The van der Waals surface area contributed by atoms with Crippen LogP contribution in [0, 0.1) is 0 Å². The van der Waals surface area contributed by atoms with Crippen molar-refractivity contribution in [2.75, 3.05) is 0 Å². The van der Waals surface area contributed by atoms with Crippen LogP contribution in [0.15, 0.2) is 36.4 Å². The Morgan fingerprint density at radius 2 is 1.86 bits per heavy atom. The lowest BCUT2D eigenvalue weighted by Crippen LogP contribution is -2.06. The Morgan fingerprint density at radius 3 is 2.57 bits per heavy atom. The summed E-state index contributed by atoms with van der Waals surface area (Å²) in [6, 6.07) is 12.4. The minimum Gasteiger partial charge on any atom is -0.232 e. The molecular formula is C17H18ClN3. The summed E-state index contributed by atoms with van der Waals surface area (Å²) in [5.41, 5.74) is 3.14. The fraction of sp³-hybridized carbons (Fsp3) is 0.294. The average Bonchev–Trinajstić information content (AvgIpc) is 2.97. The normalized spacial score (nSPS) is 11.2. The highest BCUT2D eigenvalue weighted by atomic mass is 35.5. The van der Waals surface area contributed by atoms with E-state index < -0.39 is 0 Å². The molecule has 2 aromatic heterocycles. The Hall–Kier alpha value is -1.87. The summed E-state index contributed by atoms with van der Waals surface area (Å²) in [6.07, 6.45) is 1.85. The van der Waals surface area contributed by atoms with Crippen molar-refractivity contribution >= 4 is 22.4 Å². The van der Waals surface area contributed by atoms with Gasteiger partial charge in [0.1, 0.15) is 0 Å². The number of pyridine rings is 1. The Bertz CT molecular complexity index is 777. The summed E-state index contributed by atoms with van der Waals surface area (Å²) in [7, 11) is 0. The maximum absolute atomic E-state index is 6.00. The summed E-state index contributed by atoms with van der Waals surface area (Å²) in [5, 5.41) is 6.96. The minimum atomic E-state index is 0.404. The van der Waals surface area contributed by atoms with Gasteiger partial charge in [-0.2, -0.15) is 5.10 Å². The van der Waals surface area contributed by atoms with Gasteiger partial charge in [0.05, 0.1) is 17.3 Å². The van der Waals surface area contributed by atoms with Gasteiger partial charge in [0.2, 0.25) is 0 Å². The first kappa shape index (κ1) is 14.1. The van der Waals surface area contributed by atoms with Gasteiger partial charge in [-0.1, -0.05) is 38.1 Å². The maximum Gasteiger partial charge on any atom is 0.161 e. The van der Waals surface area contributed by atoms with Gasteiger partial charge in [-0.05, 0) is 30.4 Å². The number of aromatic nitrogens is 3. The minimum absolute atomic E-state index is 0.404. The number of nitrogens with zero attached hydrogens (tertiary/aromatic N) is 3. The van der Waals surface area contributed by atoms with Gasteiger partial charge in [-0.15, -0.1) is 11.6 Å². The molecule has 3 rings (SSSR count). The average molecular weight is 300 g/mol. The zero-order valence-corrected chi connectivity index (χ0v) is 13.1. The zero-order valence-electron chi connectivity index (χ0n) is 12.3. The van der Waals surface area contributed by atoms with Gasteiger partial charge in [0, 0.05) is 11.1 Å². The maximum atomic E-state index is 6.00. The van der Waals surface area contributed by atoms with Crippen molar-refractivity contribution in [2.24, 2.45) is 0 Å². The van der Waals surface area contributed by atoms with E-state index in [1.54, 1.807) is 0 Å². The highest BCUT2D eigenvalue weighted by Gasteiger charge is 2.13. The van der Waals surface area contributed by atoms with Gasteiger partial charge < -0.3 is 0 Å². The highest BCUT2D eigenvalue weighted by Crippen LogP contribution is 2.24. The van der Waals surface area contributed by atoms with Crippen LogP contribution in [0.25, 0.3) is 16.6 Å². The van der Waals surface area contributed by atoms with Crippen molar-refractivity contribution in [1.82, 2.24) is 14.8 Å². The number of rotatable bonds is 4. The Morgan fingerprint density at radius 1 is 1.05 bits per heavy atom. The second kappa shape index (κ2) is 5.86. The molecule has 0 radical (unpaired) electrons. The summed E-state index contributed by atoms with van der Waals surface area (Å²) in [5.74, 6) is 1.28. The van der Waals surface area contributed by atoms with Crippen LogP contribution in [0.4, 0.5) is 0 Å². The van der Waals surface area contributed by atoms with Crippen LogP contribution in [0.2, 0.25) is 0 Å². The van der Waals surface area contributed by atoms with Crippen molar-refractivity contribution in [3.63, 3.8) is 0 Å². The molecule has 0 unspecified atom stereocenters. The molecule has 3 nitrogen and oxygen atoms in total. The molecule has 0 N–H and O–H groups in total. The standard InChI is InChI=1S/C17H18ClN3/c1-3-13-10-15(4-2)21(20-13)17-16-8-6-5-7-12(16)9-14(11-18)19-17/h5-10H,3-4,11H2,1-2H3. The topological polar surface area (TPSA) is 30.7 Å². The summed E-state index contributed by atoms with van der Waals surface area (Å²) < 4.78 is 1.97. The Balaban J connectivity index is 2.30. The number of alkyl halides is 1. The first-order chi connectivity index (χ1) is 10.3. The van der Waals surface area contributed by atoms with Crippen molar-refractivity contribution < 1.29 is 0 Å². The highest BCUT2D eigenvalue weighted by molar-refractivity contribution is 6.17. The monoisotopic (exact) mass is 299 g/mol. The van der Waals surface area contributed by atoms with Gasteiger partial charge >= 0.3 is 0 Å². The van der Waals surface area contributed by atoms with Crippen molar-refractivity contribution in [3.8, 4) is 5.82 Å².